The number of ether oxygens (including phenoxy) is 1. The summed E-state index contributed by atoms with van der Waals surface area (Å²) in [5, 5.41) is 12.7. The van der Waals surface area contributed by atoms with Crippen molar-refractivity contribution < 1.29 is 18.3 Å². The first-order valence-electron chi connectivity index (χ1n) is 10.7. The average molecular weight is 457 g/mol. The highest BCUT2D eigenvalue weighted by molar-refractivity contribution is 6.03. The minimum Gasteiger partial charge on any atom is -0.449 e. The zero-order valence-electron chi connectivity index (χ0n) is 18.5. The third-order valence-corrected chi connectivity index (χ3v) is 5.29. The van der Waals surface area contributed by atoms with E-state index >= 15 is 0 Å². The van der Waals surface area contributed by atoms with Crippen LogP contribution >= 0.6 is 0 Å². The Morgan fingerprint density at radius 1 is 1.12 bits per heavy atom. The first kappa shape index (κ1) is 21.4. The van der Waals surface area contributed by atoms with Gasteiger partial charge in [-0.3, -0.25) is 0 Å². The summed E-state index contributed by atoms with van der Waals surface area (Å²) in [6.45, 7) is 3.62. The Kier molecular flexibility index (Phi) is 5.59. The van der Waals surface area contributed by atoms with E-state index in [2.05, 4.69) is 15.3 Å². The summed E-state index contributed by atoms with van der Waals surface area (Å²) < 4.78 is 26.4. The maximum atomic E-state index is 13.7. The fraction of sp³-hybridized carbons (Fsp3) is 0.160. The van der Waals surface area contributed by atoms with Crippen LogP contribution in [0.3, 0.4) is 0 Å². The van der Waals surface area contributed by atoms with Gasteiger partial charge >= 0.3 is 5.97 Å². The number of hydrogen-bond donors (Lipinski definition) is 0. The van der Waals surface area contributed by atoms with Gasteiger partial charge in [-0.2, -0.15) is 5.10 Å². The van der Waals surface area contributed by atoms with Gasteiger partial charge in [-0.1, -0.05) is 42.5 Å². The van der Waals surface area contributed by atoms with Crippen molar-refractivity contribution in [3.8, 4) is 11.3 Å². The van der Waals surface area contributed by atoms with Gasteiger partial charge in [-0.25, -0.2) is 18.9 Å². The second kappa shape index (κ2) is 8.86. The molecule has 0 radical (unpaired) electrons. The van der Waals surface area contributed by atoms with Gasteiger partial charge in [0.15, 0.2) is 11.8 Å². The van der Waals surface area contributed by atoms with Crippen molar-refractivity contribution in [3.63, 3.8) is 0 Å². The molecular weight excluding hydrogens is 437 g/mol. The monoisotopic (exact) mass is 457 g/mol. The zero-order chi connectivity index (χ0) is 23.7. The van der Waals surface area contributed by atoms with E-state index in [1.165, 1.54) is 12.1 Å². The highest BCUT2D eigenvalue weighted by Gasteiger charge is 2.23. The Morgan fingerprint density at radius 3 is 2.68 bits per heavy atom. The Morgan fingerprint density at radius 2 is 1.94 bits per heavy atom. The predicted octanol–water partition coefficient (Wildman–Crippen LogP) is 4.90. The summed E-state index contributed by atoms with van der Waals surface area (Å²) in [4.78, 5) is 18.0. The van der Waals surface area contributed by atoms with Crippen LogP contribution in [0.1, 0.15) is 40.7 Å². The lowest BCUT2D eigenvalue weighted by Crippen LogP contribution is -2.11. The van der Waals surface area contributed by atoms with Crippen molar-refractivity contribution in [2.75, 3.05) is 0 Å². The first-order valence-corrected chi connectivity index (χ1v) is 10.7. The second-order valence-electron chi connectivity index (χ2n) is 7.80. The molecule has 0 aliphatic heterocycles. The third kappa shape index (κ3) is 4.27. The minimum absolute atomic E-state index is 0.209. The van der Waals surface area contributed by atoms with Gasteiger partial charge in [0, 0.05) is 12.5 Å². The molecular formula is C25H20FN5O3. The fourth-order valence-corrected chi connectivity index (χ4v) is 3.65. The standard InChI is InChI=1S/C25H20FN5O3/c1-15(24-30-29-16(2)34-24)33-25(32)20-12-22(18-8-4-3-5-9-18)28-23-21(20)13-27-31(23)14-17-7-6-10-19(26)11-17/h3-13,15H,14H2,1-2H3. The molecule has 3 aromatic heterocycles. The number of pyridine rings is 1. The number of carbonyl (C=O) groups excluding carboxylic acids is 1. The molecule has 170 valence electrons. The number of fused-ring (bicyclic) bond motifs is 1. The molecule has 0 amide bonds. The van der Waals surface area contributed by atoms with Crippen molar-refractivity contribution in [3.05, 3.63) is 95.6 Å². The molecule has 0 aliphatic carbocycles. The van der Waals surface area contributed by atoms with Crippen LogP contribution in [0.15, 0.2) is 71.3 Å². The summed E-state index contributed by atoms with van der Waals surface area (Å²) in [6, 6.07) is 17.4. The third-order valence-electron chi connectivity index (χ3n) is 5.29. The van der Waals surface area contributed by atoms with Crippen LogP contribution in [0.4, 0.5) is 4.39 Å². The summed E-state index contributed by atoms with van der Waals surface area (Å²) in [5.41, 5.74) is 2.93. The lowest BCUT2D eigenvalue weighted by molar-refractivity contribution is 0.0279. The molecule has 8 nitrogen and oxygen atoms in total. The van der Waals surface area contributed by atoms with Crippen LogP contribution in [0.5, 0.6) is 0 Å². The molecule has 0 saturated heterocycles. The number of halogens is 1. The molecule has 5 aromatic rings. The Labute approximate surface area is 194 Å². The van der Waals surface area contributed by atoms with Crippen LogP contribution in [0, 0.1) is 12.7 Å². The molecule has 0 bridgehead atoms. The van der Waals surface area contributed by atoms with E-state index in [0.717, 1.165) is 11.1 Å². The van der Waals surface area contributed by atoms with Gasteiger partial charge in [0.2, 0.25) is 5.89 Å². The van der Waals surface area contributed by atoms with E-state index in [1.807, 2.05) is 30.3 Å². The van der Waals surface area contributed by atoms with Crippen LogP contribution < -0.4 is 0 Å². The van der Waals surface area contributed by atoms with Crippen LogP contribution in [-0.4, -0.2) is 30.9 Å². The molecule has 1 unspecified atom stereocenters. The van der Waals surface area contributed by atoms with Crippen molar-refractivity contribution in [2.45, 2.75) is 26.5 Å². The Bertz CT molecular complexity index is 1480. The van der Waals surface area contributed by atoms with Gasteiger partial charge < -0.3 is 9.15 Å². The smallest absolute Gasteiger partial charge is 0.339 e. The first-order chi connectivity index (χ1) is 16.5. The number of rotatable bonds is 6. The normalized spacial score (nSPS) is 12.1. The van der Waals surface area contributed by atoms with E-state index in [9.17, 15) is 9.18 Å². The topological polar surface area (TPSA) is 95.9 Å². The minimum atomic E-state index is -0.737. The zero-order valence-corrected chi connectivity index (χ0v) is 18.5. The van der Waals surface area contributed by atoms with E-state index in [0.29, 0.717) is 34.7 Å². The molecule has 0 aliphatic rings. The molecule has 3 heterocycles. The van der Waals surface area contributed by atoms with E-state index in [-0.39, 0.29) is 11.7 Å². The highest BCUT2D eigenvalue weighted by atomic mass is 19.1. The summed E-state index contributed by atoms with van der Waals surface area (Å²) >= 11 is 0. The molecule has 0 fully saturated rings. The van der Waals surface area contributed by atoms with Crippen LogP contribution in [0.2, 0.25) is 0 Å². The maximum Gasteiger partial charge on any atom is 0.339 e. The van der Waals surface area contributed by atoms with Gasteiger partial charge in [0.25, 0.3) is 5.89 Å². The van der Waals surface area contributed by atoms with Gasteiger partial charge in [-0.15, -0.1) is 10.2 Å². The van der Waals surface area contributed by atoms with E-state index in [4.69, 9.17) is 14.1 Å². The van der Waals surface area contributed by atoms with Crippen molar-refractivity contribution in [1.82, 2.24) is 25.0 Å². The second-order valence-corrected chi connectivity index (χ2v) is 7.80. The summed E-state index contributed by atoms with van der Waals surface area (Å²) in [7, 11) is 0. The summed E-state index contributed by atoms with van der Waals surface area (Å²) in [6.07, 6.45) is 0.827. The fourth-order valence-electron chi connectivity index (χ4n) is 3.65. The molecule has 9 heteroatoms. The quantitative estimate of drug-likeness (QED) is 0.335. The molecule has 1 atom stereocenters. The molecule has 34 heavy (non-hydrogen) atoms. The van der Waals surface area contributed by atoms with Gasteiger partial charge in [-0.05, 0) is 30.7 Å². The molecule has 0 saturated carbocycles. The van der Waals surface area contributed by atoms with Crippen LogP contribution in [0.25, 0.3) is 22.3 Å². The molecule has 0 spiro atoms. The average Bonchev–Trinajstić information content (AvgIpc) is 3.45. The Balaban J connectivity index is 1.57. The van der Waals surface area contributed by atoms with Gasteiger partial charge in [0.05, 0.1) is 29.4 Å². The molecule has 0 N–H and O–H groups in total. The maximum absolute atomic E-state index is 13.7. The number of esters is 1. The number of hydrogen-bond acceptors (Lipinski definition) is 7. The largest absolute Gasteiger partial charge is 0.449 e. The van der Waals surface area contributed by atoms with Crippen LogP contribution in [-0.2, 0) is 11.3 Å². The number of aryl methyl sites for hydroxylation is 1. The van der Waals surface area contributed by atoms with Gasteiger partial charge in [0.1, 0.15) is 5.82 Å². The highest BCUT2D eigenvalue weighted by Crippen LogP contribution is 2.27. The number of aromatic nitrogens is 5. The number of nitrogens with zero attached hydrogens (tertiary/aromatic N) is 5. The number of benzene rings is 2. The summed E-state index contributed by atoms with van der Waals surface area (Å²) in [5.74, 6) is -0.310. The molecule has 2 aromatic carbocycles. The lowest BCUT2D eigenvalue weighted by atomic mass is 10.1. The Hall–Kier alpha value is -4.40. The van der Waals surface area contributed by atoms with Crippen molar-refractivity contribution >= 4 is 17.0 Å². The van der Waals surface area contributed by atoms with Crippen molar-refractivity contribution in [1.29, 1.82) is 0 Å². The van der Waals surface area contributed by atoms with E-state index in [1.54, 1.807) is 42.9 Å². The predicted molar refractivity (Wildman–Crippen MR) is 121 cm³/mol. The molecule has 5 rings (SSSR count). The lowest BCUT2D eigenvalue weighted by Gasteiger charge is -2.12. The number of carbonyl (C=O) groups is 1. The van der Waals surface area contributed by atoms with Crippen molar-refractivity contribution in [2.24, 2.45) is 0 Å². The SMILES string of the molecule is Cc1nnc(C(C)OC(=O)c2cc(-c3ccccc3)nc3c2cnn3Cc2cccc(F)c2)o1. The van der Waals surface area contributed by atoms with E-state index < -0.39 is 12.1 Å².